The van der Waals surface area contributed by atoms with Gasteiger partial charge in [-0.05, 0) is 12.1 Å². The van der Waals surface area contributed by atoms with E-state index < -0.39 is 0 Å². The van der Waals surface area contributed by atoms with E-state index in [1.165, 1.54) is 0 Å². The zero-order valence-corrected chi connectivity index (χ0v) is 10.7. The molecule has 3 aromatic rings. The molecule has 0 amide bonds. The van der Waals surface area contributed by atoms with Gasteiger partial charge in [0.25, 0.3) is 5.88 Å². The van der Waals surface area contributed by atoms with Crippen molar-refractivity contribution in [2.24, 2.45) is 0 Å². The normalized spacial score (nSPS) is 11.0. The van der Waals surface area contributed by atoms with Gasteiger partial charge >= 0.3 is 0 Å². The van der Waals surface area contributed by atoms with Gasteiger partial charge in [-0.15, -0.1) is 0 Å². The van der Waals surface area contributed by atoms with E-state index in [0.717, 1.165) is 16.5 Å². The molecule has 2 heterocycles. The lowest BCUT2D eigenvalue weighted by atomic mass is 9.96. The fraction of sp³-hybridized carbons (Fsp3) is 0. The Kier molecular flexibility index (Phi) is 2.57. The molecule has 0 radical (unpaired) electrons. The second kappa shape index (κ2) is 4.13. The highest BCUT2D eigenvalue weighted by Crippen LogP contribution is 2.28. The van der Waals surface area contributed by atoms with E-state index in [9.17, 15) is 5.11 Å². The Bertz CT molecular complexity index is 788. The van der Waals surface area contributed by atoms with Gasteiger partial charge in [-0.2, -0.15) is 5.10 Å². The van der Waals surface area contributed by atoms with Crippen LogP contribution < -0.4 is 11.3 Å². The molecule has 6 nitrogen and oxygen atoms in total. The molecule has 0 aliphatic carbocycles. The molecule has 94 valence electrons. The van der Waals surface area contributed by atoms with Crippen molar-refractivity contribution in [2.45, 2.75) is 0 Å². The minimum Gasteiger partial charge on any atom is -0.491 e. The Hall–Kier alpha value is -2.28. The third-order valence-corrected chi connectivity index (χ3v) is 3.15. The molecule has 0 aliphatic heterocycles. The molecule has 1 aromatic carbocycles. The summed E-state index contributed by atoms with van der Waals surface area (Å²) in [5.74, 6) is -0.277. The number of aromatic nitrogens is 4. The first kappa shape index (κ1) is 11.8. The molecule has 3 rings (SSSR count). The van der Waals surface area contributed by atoms with E-state index in [2.05, 4.69) is 20.2 Å². The molecule has 19 heavy (non-hydrogen) atoms. The standard InChI is InChI=1S/C11H9BClN5O/c12-9-8(16-11(19)10(14)17-9)4-1-5-3-15-18-7(5)6(13)2-4/h1-3H,12H2,(H2,14,17)(H,15,18)(H,16,19). The molecule has 0 spiro atoms. The first-order chi connectivity index (χ1) is 9.06. The van der Waals surface area contributed by atoms with Gasteiger partial charge in [0, 0.05) is 16.5 Å². The number of benzene rings is 1. The first-order valence-corrected chi connectivity index (χ1v) is 5.90. The molecular weight excluding hydrogens is 264 g/mol. The van der Waals surface area contributed by atoms with Crippen LogP contribution in [-0.4, -0.2) is 33.1 Å². The second-order valence-electron chi connectivity index (χ2n) is 4.16. The summed E-state index contributed by atoms with van der Waals surface area (Å²) in [6.45, 7) is 0. The lowest BCUT2D eigenvalue weighted by Crippen LogP contribution is -2.16. The highest BCUT2D eigenvalue weighted by Gasteiger charge is 2.12. The van der Waals surface area contributed by atoms with Gasteiger partial charge in [0.05, 0.1) is 22.4 Å². The van der Waals surface area contributed by atoms with Crippen molar-refractivity contribution in [2.75, 3.05) is 5.73 Å². The Balaban J connectivity index is 2.27. The van der Waals surface area contributed by atoms with E-state index in [1.54, 1.807) is 20.1 Å². The molecule has 0 unspecified atom stereocenters. The number of nitrogens with zero attached hydrogens (tertiary/aromatic N) is 3. The van der Waals surface area contributed by atoms with Crippen molar-refractivity contribution in [3.63, 3.8) is 0 Å². The molecule has 0 bridgehead atoms. The second-order valence-corrected chi connectivity index (χ2v) is 4.57. The smallest absolute Gasteiger partial charge is 0.255 e. The Morgan fingerprint density at radius 3 is 2.89 bits per heavy atom. The average molecular weight is 273 g/mol. The minimum atomic E-state index is -0.288. The highest BCUT2D eigenvalue weighted by atomic mass is 35.5. The van der Waals surface area contributed by atoms with Gasteiger partial charge in [0.1, 0.15) is 0 Å². The van der Waals surface area contributed by atoms with Crippen LogP contribution in [0.5, 0.6) is 5.88 Å². The van der Waals surface area contributed by atoms with Crippen molar-refractivity contribution < 1.29 is 5.11 Å². The van der Waals surface area contributed by atoms with E-state index in [1.807, 2.05) is 6.07 Å². The zero-order valence-electron chi connectivity index (χ0n) is 9.98. The lowest BCUT2D eigenvalue weighted by Gasteiger charge is -2.08. The summed E-state index contributed by atoms with van der Waals surface area (Å²) in [7, 11) is 1.77. The number of aromatic hydroxyl groups is 1. The summed E-state index contributed by atoms with van der Waals surface area (Å²) in [6, 6.07) is 3.62. The topological polar surface area (TPSA) is 101 Å². The van der Waals surface area contributed by atoms with Crippen LogP contribution in [0.4, 0.5) is 5.82 Å². The number of fused-ring (bicyclic) bond motifs is 1. The zero-order chi connectivity index (χ0) is 13.6. The van der Waals surface area contributed by atoms with E-state index >= 15 is 0 Å². The van der Waals surface area contributed by atoms with Crippen LogP contribution in [0.15, 0.2) is 18.3 Å². The number of hydrogen-bond donors (Lipinski definition) is 3. The quantitative estimate of drug-likeness (QED) is 0.551. The minimum absolute atomic E-state index is 0.0109. The first-order valence-electron chi connectivity index (χ1n) is 5.52. The van der Waals surface area contributed by atoms with Crippen molar-refractivity contribution >= 4 is 41.8 Å². The molecule has 0 saturated carbocycles. The third-order valence-electron chi connectivity index (χ3n) is 2.85. The molecule has 0 aliphatic rings. The van der Waals surface area contributed by atoms with Gasteiger partial charge in [0.15, 0.2) is 13.7 Å². The lowest BCUT2D eigenvalue weighted by molar-refractivity contribution is 0.455. The van der Waals surface area contributed by atoms with E-state index in [-0.39, 0.29) is 11.7 Å². The monoisotopic (exact) mass is 273 g/mol. The summed E-state index contributed by atoms with van der Waals surface area (Å²) in [5.41, 5.74) is 8.17. The third kappa shape index (κ3) is 1.88. The van der Waals surface area contributed by atoms with E-state index in [4.69, 9.17) is 17.3 Å². The molecule has 0 atom stereocenters. The predicted molar refractivity (Wildman–Crippen MR) is 76.4 cm³/mol. The van der Waals surface area contributed by atoms with Crippen molar-refractivity contribution in [1.82, 2.24) is 20.2 Å². The highest BCUT2D eigenvalue weighted by molar-refractivity contribution is 6.36. The fourth-order valence-electron chi connectivity index (χ4n) is 1.95. The largest absolute Gasteiger partial charge is 0.491 e. The summed E-state index contributed by atoms with van der Waals surface area (Å²) in [5, 5.41) is 17.7. The van der Waals surface area contributed by atoms with Gasteiger partial charge in [-0.1, -0.05) is 11.6 Å². The maximum absolute atomic E-state index is 9.58. The Morgan fingerprint density at radius 2 is 2.11 bits per heavy atom. The maximum atomic E-state index is 9.58. The predicted octanol–water partition coefficient (Wildman–Crippen LogP) is 0.220. The fourth-order valence-corrected chi connectivity index (χ4v) is 2.22. The summed E-state index contributed by atoms with van der Waals surface area (Å²) >= 11 is 6.17. The van der Waals surface area contributed by atoms with Gasteiger partial charge in [-0.25, -0.2) is 9.97 Å². The maximum Gasteiger partial charge on any atom is 0.255 e. The number of aromatic amines is 1. The molecule has 2 aromatic heterocycles. The Labute approximate surface area is 114 Å². The van der Waals surface area contributed by atoms with E-state index in [0.29, 0.717) is 16.3 Å². The number of halogens is 1. The number of nitrogens with one attached hydrogen (secondary N) is 1. The molecule has 0 saturated heterocycles. The van der Waals surface area contributed by atoms with Crippen molar-refractivity contribution in [1.29, 1.82) is 0 Å². The number of anilines is 1. The van der Waals surface area contributed by atoms with Gasteiger partial charge in [-0.3, -0.25) is 5.10 Å². The Morgan fingerprint density at radius 1 is 1.32 bits per heavy atom. The van der Waals surface area contributed by atoms with Gasteiger partial charge in [0.2, 0.25) is 0 Å². The summed E-state index contributed by atoms with van der Waals surface area (Å²) in [6.07, 6.45) is 1.67. The average Bonchev–Trinajstić information content (AvgIpc) is 2.82. The molecule has 8 heteroatoms. The van der Waals surface area contributed by atoms with Crippen LogP contribution in [0.1, 0.15) is 0 Å². The van der Waals surface area contributed by atoms with Crippen LogP contribution in [0.2, 0.25) is 5.02 Å². The van der Waals surface area contributed by atoms with Crippen LogP contribution in [0.3, 0.4) is 0 Å². The van der Waals surface area contributed by atoms with Crippen molar-refractivity contribution in [3.05, 3.63) is 23.4 Å². The summed E-state index contributed by atoms with van der Waals surface area (Å²) in [4.78, 5) is 8.10. The van der Waals surface area contributed by atoms with Crippen molar-refractivity contribution in [3.8, 4) is 17.1 Å². The number of rotatable bonds is 1. The van der Waals surface area contributed by atoms with Crippen LogP contribution in [0.25, 0.3) is 22.2 Å². The van der Waals surface area contributed by atoms with Crippen LogP contribution in [-0.2, 0) is 0 Å². The number of H-pyrrole nitrogens is 1. The van der Waals surface area contributed by atoms with Crippen LogP contribution in [0, 0.1) is 0 Å². The SMILES string of the molecule is Bc1nc(N)c(O)nc1-c1cc(Cl)c2[nH]ncc2c1. The number of nitrogen functional groups attached to an aromatic ring is 1. The summed E-state index contributed by atoms with van der Waals surface area (Å²) < 4.78 is 0. The van der Waals surface area contributed by atoms with Crippen LogP contribution >= 0.6 is 11.6 Å². The number of nitrogens with two attached hydrogens (primary N) is 1. The number of hydrogen-bond acceptors (Lipinski definition) is 5. The molecule has 4 N–H and O–H groups in total. The molecular formula is C11H9BClN5O. The molecule has 0 fully saturated rings. The van der Waals surface area contributed by atoms with Gasteiger partial charge < -0.3 is 10.8 Å².